The summed E-state index contributed by atoms with van der Waals surface area (Å²) in [5.74, 6) is -0.250. The van der Waals surface area contributed by atoms with Crippen LogP contribution in [0, 0.1) is 17.0 Å². The van der Waals surface area contributed by atoms with Gasteiger partial charge in [-0.3, -0.25) is 14.9 Å². The van der Waals surface area contributed by atoms with Crippen LogP contribution in [0.1, 0.15) is 28.8 Å². The second-order valence-electron chi connectivity index (χ2n) is 4.74. The van der Waals surface area contributed by atoms with Crippen LogP contribution in [0.3, 0.4) is 0 Å². The number of hydrogen-bond donors (Lipinski definition) is 1. The summed E-state index contributed by atoms with van der Waals surface area (Å²) in [6.07, 6.45) is 1.63. The first kappa shape index (κ1) is 13.5. The molecule has 1 saturated heterocycles. The zero-order valence-electron chi connectivity index (χ0n) is 10.7. The normalized spacial score (nSPS) is 18.6. The van der Waals surface area contributed by atoms with Crippen molar-refractivity contribution in [3.8, 4) is 0 Å². The smallest absolute Gasteiger partial charge is 0.273 e. The minimum absolute atomic E-state index is 0.0504. The van der Waals surface area contributed by atoms with Crippen molar-refractivity contribution in [3.05, 3.63) is 39.4 Å². The molecule has 1 unspecified atom stereocenters. The highest BCUT2D eigenvalue weighted by atomic mass is 16.6. The molecular formula is C13H16N2O4. The summed E-state index contributed by atoms with van der Waals surface area (Å²) in [7, 11) is 0. The molecule has 1 aliphatic rings. The molecule has 1 heterocycles. The van der Waals surface area contributed by atoms with E-state index in [1.54, 1.807) is 24.0 Å². The number of hydrogen-bond acceptors (Lipinski definition) is 4. The number of aryl methyl sites for hydroxylation is 1. The van der Waals surface area contributed by atoms with E-state index in [2.05, 4.69) is 0 Å². The average Bonchev–Trinajstić information content (AvgIpc) is 2.86. The molecule has 1 aromatic carbocycles. The van der Waals surface area contributed by atoms with Crippen molar-refractivity contribution >= 4 is 11.6 Å². The number of amides is 1. The highest BCUT2D eigenvalue weighted by molar-refractivity contribution is 5.95. The molecule has 2 rings (SSSR count). The Labute approximate surface area is 110 Å². The molecule has 1 N–H and O–H groups in total. The van der Waals surface area contributed by atoms with Crippen LogP contribution in [0.15, 0.2) is 18.2 Å². The van der Waals surface area contributed by atoms with Gasteiger partial charge < -0.3 is 10.0 Å². The van der Waals surface area contributed by atoms with Crippen LogP contribution in [-0.2, 0) is 0 Å². The molecule has 0 aromatic heterocycles. The number of aliphatic hydroxyl groups excluding tert-OH is 1. The van der Waals surface area contributed by atoms with Crippen molar-refractivity contribution in [1.82, 2.24) is 4.90 Å². The molecule has 0 saturated carbocycles. The van der Waals surface area contributed by atoms with E-state index < -0.39 is 4.92 Å². The highest BCUT2D eigenvalue weighted by Crippen LogP contribution is 2.23. The molecule has 1 amide bonds. The van der Waals surface area contributed by atoms with E-state index in [9.17, 15) is 20.0 Å². The largest absolute Gasteiger partial charge is 0.394 e. The van der Waals surface area contributed by atoms with Crippen LogP contribution >= 0.6 is 0 Å². The predicted octanol–water partition coefficient (Wildman–Crippen LogP) is 1.50. The van der Waals surface area contributed by atoms with Gasteiger partial charge in [0, 0.05) is 23.7 Å². The highest BCUT2D eigenvalue weighted by Gasteiger charge is 2.29. The van der Waals surface area contributed by atoms with Gasteiger partial charge in [-0.05, 0) is 25.8 Å². The fourth-order valence-corrected chi connectivity index (χ4v) is 2.40. The Morgan fingerprint density at radius 1 is 1.58 bits per heavy atom. The molecule has 1 atom stereocenters. The van der Waals surface area contributed by atoms with E-state index in [0.717, 1.165) is 12.8 Å². The van der Waals surface area contributed by atoms with Crippen LogP contribution < -0.4 is 0 Å². The van der Waals surface area contributed by atoms with Crippen molar-refractivity contribution in [2.75, 3.05) is 13.2 Å². The first-order valence-electron chi connectivity index (χ1n) is 6.21. The van der Waals surface area contributed by atoms with Gasteiger partial charge in [0.1, 0.15) is 0 Å². The second kappa shape index (κ2) is 5.36. The molecule has 0 radical (unpaired) electrons. The Hall–Kier alpha value is -1.95. The lowest BCUT2D eigenvalue weighted by atomic mass is 10.1. The maximum Gasteiger partial charge on any atom is 0.273 e. The third-order valence-electron chi connectivity index (χ3n) is 3.50. The predicted molar refractivity (Wildman–Crippen MR) is 69.0 cm³/mol. The van der Waals surface area contributed by atoms with Crippen molar-refractivity contribution < 1.29 is 14.8 Å². The van der Waals surface area contributed by atoms with Gasteiger partial charge in [0.25, 0.3) is 11.6 Å². The summed E-state index contributed by atoms with van der Waals surface area (Å²) >= 11 is 0. The maximum absolute atomic E-state index is 12.3. The van der Waals surface area contributed by atoms with Crippen LogP contribution in [0.25, 0.3) is 0 Å². The molecule has 0 spiro atoms. The molecule has 0 bridgehead atoms. The lowest BCUT2D eigenvalue weighted by Gasteiger charge is -2.23. The number of carbonyl (C=O) groups is 1. The zero-order valence-corrected chi connectivity index (χ0v) is 10.7. The van der Waals surface area contributed by atoms with Gasteiger partial charge in [-0.15, -0.1) is 0 Å². The Bertz CT molecular complexity index is 515. The van der Waals surface area contributed by atoms with Gasteiger partial charge in [0.15, 0.2) is 0 Å². The lowest BCUT2D eigenvalue weighted by Crippen LogP contribution is -2.37. The van der Waals surface area contributed by atoms with Gasteiger partial charge in [-0.25, -0.2) is 0 Å². The van der Waals surface area contributed by atoms with Crippen molar-refractivity contribution in [2.24, 2.45) is 0 Å². The molecule has 6 nitrogen and oxygen atoms in total. The second-order valence-corrected chi connectivity index (χ2v) is 4.74. The number of carbonyl (C=O) groups excluding carboxylic acids is 1. The SMILES string of the molecule is Cc1ccc(C(=O)N2CCCC2CO)cc1[N+](=O)[O-]. The number of likely N-dealkylation sites (tertiary alicyclic amines) is 1. The van der Waals surface area contributed by atoms with Crippen LogP contribution in [0.5, 0.6) is 0 Å². The minimum atomic E-state index is -0.486. The van der Waals surface area contributed by atoms with E-state index in [1.165, 1.54) is 6.07 Å². The fraction of sp³-hybridized carbons (Fsp3) is 0.462. The Morgan fingerprint density at radius 2 is 2.32 bits per heavy atom. The van der Waals surface area contributed by atoms with Gasteiger partial charge in [0.2, 0.25) is 0 Å². The monoisotopic (exact) mass is 264 g/mol. The quantitative estimate of drug-likeness (QED) is 0.662. The third kappa shape index (κ3) is 2.58. The summed E-state index contributed by atoms with van der Waals surface area (Å²) in [6, 6.07) is 4.31. The Morgan fingerprint density at radius 3 is 2.95 bits per heavy atom. The summed E-state index contributed by atoms with van der Waals surface area (Å²) in [5, 5.41) is 20.1. The number of aliphatic hydroxyl groups is 1. The summed E-state index contributed by atoms with van der Waals surface area (Å²) < 4.78 is 0. The Kier molecular flexibility index (Phi) is 3.80. The molecular weight excluding hydrogens is 248 g/mol. The number of nitrogens with zero attached hydrogens (tertiary/aromatic N) is 2. The first-order chi connectivity index (χ1) is 9.04. The molecule has 6 heteroatoms. The van der Waals surface area contributed by atoms with Gasteiger partial charge in [-0.1, -0.05) is 6.07 Å². The van der Waals surface area contributed by atoms with Crippen molar-refractivity contribution in [3.63, 3.8) is 0 Å². The van der Waals surface area contributed by atoms with Crippen LogP contribution in [0.4, 0.5) is 5.69 Å². The van der Waals surface area contributed by atoms with Crippen LogP contribution in [0.2, 0.25) is 0 Å². The average molecular weight is 264 g/mol. The number of nitro benzene ring substituents is 1. The van der Waals surface area contributed by atoms with Gasteiger partial charge in [-0.2, -0.15) is 0 Å². The first-order valence-corrected chi connectivity index (χ1v) is 6.21. The number of nitro groups is 1. The van der Waals surface area contributed by atoms with Crippen molar-refractivity contribution in [2.45, 2.75) is 25.8 Å². The summed E-state index contributed by atoms with van der Waals surface area (Å²) in [6.45, 7) is 2.16. The van der Waals surface area contributed by atoms with E-state index in [0.29, 0.717) is 17.7 Å². The third-order valence-corrected chi connectivity index (χ3v) is 3.50. The molecule has 0 aliphatic carbocycles. The van der Waals surface area contributed by atoms with Crippen LogP contribution in [-0.4, -0.2) is 40.0 Å². The van der Waals surface area contributed by atoms with E-state index in [1.807, 2.05) is 0 Å². The summed E-state index contributed by atoms with van der Waals surface area (Å²) in [5.41, 5.74) is 0.782. The van der Waals surface area contributed by atoms with E-state index in [4.69, 9.17) is 0 Å². The maximum atomic E-state index is 12.3. The van der Waals surface area contributed by atoms with Gasteiger partial charge >= 0.3 is 0 Å². The Balaban J connectivity index is 2.29. The molecule has 1 aliphatic heterocycles. The molecule has 1 fully saturated rings. The molecule has 102 valence electrons. The molecule has 1 aromatic rings. The fourth-order valence-electron chi connectivity index (χ4n) is 2.40. The topological polar surface area (TPSA) is 83.7 Å². The van der Waals surface area contributed by atoms with Gasteiger partial charge in [0.05, 0.1) is 17.6 Å². The van der Waals surface area contributed by atoms with E-state index >= 15 is 0 Å². The van der Waals surface area contributed by atoms with E-state index in [-0.39, 0.29) is 24.2 Å². The lowest BCUT2D eigenvalue weighted by molar-refractivity contribution is -0.385. The standard InChI is InChI=1S/C13H16N2O4/c1-9-4-5-10(7-12(9)15(18)19)13(17)14-6-2-3-11(14)8-16/h4-5,7,11,16H,2-3,6,8H2,1H3. The minimum Gasteiger partial charge on any atom is -0.394 e. The number of benzene rings is 1. The van der Waals surface area contributed by atoms with Crippen molar-refractivity contribution in [1.29, 1.82) is 0 Å². The summed E-state index contributed by atoms with van der Waals surface area (Å²) in [4.78, 5) is 24.3. The molecule has 19 heavy (non-hydrogen) atoms. The number of rotatable bonds is 3. The zero-order chi connectivity index (χ0) is 14.0.